The summed E-state index contributed by atoms with van der Waals surface area (Å²) in [5.74, 6) is -1.08. The molecule has 0 amide bonds. The van der Waals surface area contributed by atoms with Gasteiger partial charge in [-0.15, -0.1) is 0 Å². The summed E-state index contributed by atoms with van der Waals surface area (Å²) < 4.78 is 39.3. The van der Waals surface area contributed by atoms with Crippen LogP contribution in [0.2, 0.25) is 5.28 Å². The van der Waals surface area contributed by atoms with Gasteiger partial charge in [0.15, 0.2) is 6.61 Å². The first-order valence-corrected chi connectivity index (χ1v) is 13.7. The normalized spacial score (nSPS) is 23.4. The molecule has 1 fully saturated rings. The molecule has 9 heteroatoms. The number of benzene rings is 1. The third-order valence-corrected chi connectivity index (χ3v) is 8.04. The fourth-order valence-electron chi connectivity index (χ4n) is 5.84. The van der Waals surface area contributed by atoms with Gasteiger partial charge in [-0.1, -0.05) is 18.6 Å². The smallest absolute Gasteiger partial charge is 0.310 e. The Kier molecular flexibility index (Phi) is 7.96. The molecule has 3 heterocycles. The average molecular weight is 534 g/mol. The van der Waals surface area contributed by atoms with Crippen LogP contribution in [0.15, 0.2) is 18.2 Å². The summed E-state index contributed by atoms with van der Waals surface area (Å²) in [7, 11) is 0. The van der Waals surface area contributed by atoms with Gasteiger partial charge >= 0.3 is 5.92 Å². The quantitative estimate of drug-likeness (QED) is 0.393. The van der Waals surface area contributed by atoms with E-state index < -0.39 is 12.5 Å². The minimum absolute atomic E-state index is 0.0822. The molecule has 200 valence electrons. The molecule has 1 aromatic carbocycles. The number of carbonyl (C=O) groups excluding carboxylic acids is 1. The SMILES string of the molecule is C[C@@H](Nc1nc(Cl)nc2c1CC(CCC(=O)CC1CCCCOCC1)C2)c1cccc2c1OCC2(F)F. The minimum Gasteiger partial charge on any atom is -0.486 e. The Labute approximate surface area is 221 Å². The van der Waals surface area contributed by atoms with Crippen molar-refractivity contribution in [1.29, 1.82) is 0 Å². The van der Waals surface area contributed by atoms with E-state index in [0.717, 1.165) is 69.4 Å². The maximum Gasteiger partial charge on any atom is 0.310 e. The van der Waals surface area contributed by atoms with Crippen molar-refractivity contribution in [2.45, 2.75) is 76.7 Å². The molecule has 1 aromatic heterocycles. The maximum absolute atomic E-state index is 14.2. The number of nitrogens with one attached hydrogen (secondary N) is 1. The fraction of sp³-hybridized carbons (Fsp3) is 0.607. The highest BCUT2D eigenvalue weighted by Gasteiger charge is 2.43. The number of hydrogen-bond donors (Lipinski definition) is 1. The Hall–Kier alpha value is -2.32. The van der Waals surface area contributed by atoms with Gasteiger partial charge in [0.1, 0.15) is 17.4 Å². The van der Waals surface area contributed by atoms with Crippen molar-refractivity contribution in [2.24, 2.45) is 11.8 Å². The predicted molar refractivity (Wildman–Crippen MR) is 137 cm³/mol. The summed E-state index contributed by atoms with van der Waals surface area (Å²) in [5, 5.41) is 3.52. The van der Waals surface area contributed by atoms with Gasteiger partial charge in [-0.25, -0.2) is 9.97 Å². The molecule has 2 aliphatic heterocycles. The molecule has 0 spiro atoms. The minimum atomic E-state index is -2.99. The lowest BCUT2D eigenvalue weighted by atomic mass is 9.90. The van der Waals surface area contributed by atoms with E-state index in [-0.39, 0.29) is 22.6 Å². The number of hydrogen-bond acceptors (Lipinski definition) is 6. The zero-order chi connectivity index (χ0) is 26.0. The van der Waals surface area contributed by atoms with Crippen molar-refractivity contribution in [2.75, 3.05) is 25.1 Å². The van der Waals surface area contributed by atoms with Crippen molar-refractivity contribution in [1.82, 2.24) is 9.97 Å². The van der Waals surface area contributed by atoms with Crippen molar-refractivity contribution < 1.29 is 23.0 Å². The summed E-state index contributed by atoms with van der Waals surface area (Å²) in [5.41, 5.74) is 2.45. The van der Waals surface area contributed by atoms with E-state index in [9.17, 15) is 13.6 Å². The number of para-hydroxylation sites is 1. The lowest BCUT2D eigenvalue weighted by Gasteiger charge is -2.20. The summed E-state index contributed by atoms with van der Waals surface area (Å²) in [6.07, 6.45) is 7.81. The number of ether oxygens (including phenoxy) is 2. The number of alkyl halides is 2. The number of aromatic nitrogens is 2. The Morgan fingerprint density at radius 2 is 2.05 bits per heavy atom. The van der Waals surface area contributed by atoms with Gasteiger partial charge < -0.3 is 14.8 Å². The van der Waals surface area contributed by atoms with Crippen LogP contribution in [-0.2, 0) is 28.3 Å². The average Bonchev–Trinajstić information content (AvgIpc) is 3.39. The molecule has 1 N–H and O–H groups in total. The maximum atomic E-state index is 14.2. The number of nitrogens with zero attached hydrogens (tertiary/aromatic N) is 2. The first-order chi connectivity index (χ1) is 17.8. The number of anilines is 1. The second kappa shape index (κ2) is 11.2. The Morgan fingerprint density at radius 1 is 1.19 bits per heavy atom. The molecule has 1 aliphatic carbocycles. The lowest BCUT2D eigenvalue weighted by molar-refractivity contribution is -0.120. The molecular formula is C28H34ClF2N3O3. The van der Waals surface area contributed by atoms with E-state index >= 15 is 0 Å². The monoisotopic (exact) mass is 533 g/mol. The third kappa shape index (κ3) is 6.06. The molecule has 0 radical (unpaired) electrons. The largest absolute Gasteiger partial charge is 0.486 e. The first-order valence-electron chi connectivity index (χ1n) is 13.4. The number of fused-ring (bicyclic) bond motifs is 2. The van der Waals surface area contributed by atoms with Crippen molar-refractivity contribution in [3.8, 4) is 5.75 Å². The van der Waals surface area contributed by atoms with E-state index in [1.54, 1.807) is 12.1 Å². The van der Waals surface area contributed by atoms with Gasteiger partial charge in [0, 0.05) is 37.2 Å². The Balaban J connectivity index is 1.21. The molecule has 2 aromatic rings. The van der Waals surface area contributed by atoms with Gasteiger partial charge in [-0.3, -0.25) is 4.79 Å². The summed E-state index contributed by atoms with van der Waals surface area (Å²) in [6.45, 7) is 2.84. The van der Waals surface area contributed by atoms with Crippen LogP contribution in [0.3, 0.4) is 0 Å². The van der Waals surface area contributed by atoms with Crippen molar-refractivity contribution in [3.63, 3.8) is 0 Å². The highest BCUT2D eigenvalue weighted by molar-refractivity contribution is 6.28. The molecule has 2 unspecified atom stereocenters. The molecule has 6 nitrogen and oxygen atoms in total. The van der Waals surface area contributed by atoms with Crippen molar-refractivity contribution in [3.05, 3.63) is 45.9 Å². The van der Waals surface area contributed by atoms with Gasteiger partial charge in [-0.2, -0.15) is 8.78 Å². The summed E-state index contributed by atoms with van der Waals surface area (Å²) >= 11 is 6.25. The van der Waals surface area contributed by atoms with E-state index in [1.165, 1.54) is 6.07 Å². The molecule has 0 saturated carbocycles. The Bertz CT molecular complexity index is 1140. The summed E-state index contributed by atoms with van der Waals surface area (Å²) in [4.78, 5) is 21.6. The third-order valence-electron chi connectivity index (χ3n) is 7.87. The second-order valence-electron chi connectivity index (χ2n) is 10.7. The van der Waals surface area contributed by atoms with Crippen LogP contribution in [0, 0.1) is 11.8 Å². The zero-order valence-electron chi connectivity index (χ0n) is 21.2. The molecular weight excluding hydrogens is 500 g/mol. The van der Waals surface area contributed by atoms with Gasteiger partial charge in [0.25, 0.3) is 0 Å². The van der Waals surface area contributed by atoms with Gasteiger partial charge in [0.05, 0.1) is 17.3 Å². The van der Waals surface area contributed by atoms with Crippen LogP contribution in [0.1, 0.15) is 80.3 Å². The fourth-order valence-corrected chi connectivity index (χ4v) is 6.02. The molecule has 3 aliphatic rings. The molecule has 1 saturated heterocycles. The lowest BCUT2D eigenvalue weighted by Crippen LogP contribution is -2.15. The number of halogens is 3. The van der Waals surface area contributed by atoms with Crippen LogP contribution in [0.4, 0.5) is 14.6 Å². The molecule has 3 atom stereocenters. The molecule has 37 heavy (non-hydrogen) atoms. The van der Waals surface area contributed by atoms with Crippen LogP contribution in [0.25, 0.3) is 0 Å². The standard InChI is InChI=1S/C28H34ClF2N3O3/c1-17(21-6-4-7-23-25(21)37-16-28(23,30)31)32-26-22-14-19(15-24(22)33-27(29)34-26)8-9-20(35)13-18-5-2-3-11-36-12-10-18/h4,6-7,17-19H,2-3,5,8-16H2,1H3,(H,32,33,34)/t17-,18?,19?/m1/s1. The number of Topliss-reactive ketones (excluding diaryl/α,β-unsaturated/α-hetero) is 1. The second-order valence-corrected chi connectivity index (χ2v) is 11.0. The van der Waals surface area contributed by atoms with E-state index in [1.807, 2.05) is 6.92 Å². The van der Waals surface area contributed by atoms with Crippen LogP contribution in [0.5, 0.6) is 5.75 Å². The van der Waals surface area contributed by atoms with Gasteiger partial charge in [0.2, 0.25) is 5.28 Å². The number of carbonyl (C=O) groups is 1. The Morgan fingerprint density at radius 3 is 2.92 bits per heavy atom. The molecule has 0 bridgehead atoms. The van der Waals surface area contributed by atoms with E-state index in [4.69, 9.17) is 21.1 Å². The van der Waals surface area contributed by atoms with E-state index in [2.05, 4.69) is 15.3 Å². The first kappa shape index (κ1) is 26.3. The molecule has 5 rings (SSSR count). The van der Waals surface area contributed by atoms with E-state index in [0.29, 0.717) is 41.8 Å². The van der Waals surface area contributed by atoms with Crippen LogP contribution in [-0.4, -0.2) is 35.6 Å². The summed E-state index contributed by atoms with van der Waals surface area (Å²) in [6, 6.07) is 4.50. The van der Waals surface area contributed by atoms with Crippen LogP contribution >= 0.6 is 11.6 Å². The number of rotatable bonds is 8. The predicted octanol–water partition coefficient (Wildman–Crippen LogP) is 6.45. The number of ketones is 1. The topological polar surface area (TPSA) is 73.3 Å². The highest BCUT2D eigenvalue weighted by atomic mass is 35.5. The van der Waals surface area contributed by atoms with Crippen LogP contribution < -0.4 is 10.1 Å². The van der Waals surface area contributed by atoms with Gasteiger partial charge in [-0.05, 0) is 75.0 Å². The van der Waals surface area contributed by atoms with Crippen molar-refractivity contribution >= 4 is 23.2 Å². The zero-order valence-corrected chi connectivity index (χ0v) is 22.0. The highest BCUT2D eigenvalue weighted by Crippen LogP contribution is 2.45.